The van der Waals surface area contributed by atoms with E-state index in [9.17, 15) is 13.2 Å². The number of nitrogens with one attached hydrogen (secondary N) is 1. The molecule has 6 nitrogen and oxygen atoms in total. The Hall–Kier alpha value is -1.94. The summed E-state index contributed by atoms with van der Waals surface area (Å²) in [4.78, 5) is 17.0. The smallest absolute Gasteiger partial charge is 0.242 e. The average molecular weight is 494 g/mol. The summed E-state index contributed by atoms with van der Waals surface area (Å²) in [7, 11) is -0.498. The molecule has 0 bridgehead atoms. The third-order valence-corrected chi connectivity index (χ3v) is 7.42. The van der Waals surface area contributed by atoms with Crippen molar-refractivity contribution in [3.8, 4) is 0 Å². The monoisotopic (exact) mass is 493 g/mol. The third-order valence-electron chi connectivity index (χ3n) is 4.20. The molecule has 2 aromatic carbocycles. The number of sulfonamides is 1. The van der Waals surface area contributed by atoms with E-state index in [-0.39, 0.29) is 16.6 Å². The van der Waals surface area contributed by atoms with E-state index in [0.29, 0.717) is 10.5 Å². The van der Waals surface area contributed by atoms with Gasteiger partial charge in [-0.2, -0.15) is 0 Å². The first-order chi connectivity index (χ1) is 13.7. The van der Waals surface area contributed by atoms with Crippen LogP contribution in [-0.2, 0) is 14.8 Å². The molecular weight excluding hydrogens is 474 g/mol. The van der Waals surface area contributed by atoms with Gasteiger partial charge in [0.2, 0.25) is 15.9 Å². The van der Waals surface area contributed by atoms with E-state index >= 15 is 0 Å². The van der Waals surface area contributed by atoms with Crippen molar-refractivity contribution in [3.63, 3.8) is 0 Å². The Morgan fingerprint density at radius 3 is 2.62 bits per heavy atom. The number of amides is 1. The number of nitrogens with zero attached hydrogens (tertiary/aromatic N) is 2. The summed E-state index contributed by atoms with van der Waals surface area (Å²) >= 11 is 4.71. The topological polar surface area (TPSA) is 79.4 Å². The highest BCUT2D eigenvalue weighted by Gasteiger charge is 2.18. The molecule has 3 aromatic rings. The lowest BCUT2D eigenvalue weighted by Crippen LogP contribution is -2.22. The molecule has 1 aromatic heterocycles. The lowest BCUT2D eigenvalue weighted by Gasteiger charge is -2.13. The third kappa shape index (κ3) is 5.16. The van der Waals surface area contributed by atoms with Gasteiger partial charge in [0.15, 0.2) is 0 Å². The normalized spacial score (nSPS) is 11.8. The minimum absolute atomic E-state index is 0.125. The van der Waals surface area contributed by atoms with Crippen LogP contribution in [0.1, 0.15) is 5.56 Å². The van der Waals surface area contributed by atoms with Crippen LogP contribution in [-0.4, -0.2) is 43.5 Å². The molecule has 1 N–H and O–H groups in total. The maximum absolute atomic E-state index is 12.4. The highest BCUT2D eigenvalue weighted by Crippen LogP contribution is 2.27. The first-order valence-electron chi connectivity index (χ1n) is 8.69. The lowest BCUT2D eigenvalue weighted by molar-refractivity contribution is -0.113. The maximum Gasteiger partial charge on any atom is 0.242 e. The van der Waals surface area contributed by atoms with Gasteiger partial charge in [-0.3, -0.25) is 4.79 Å². The molecule has 152 valence electrons. The number of aryl methyl sites for hydroxylation is 1. The summed E-state index contributed by atoms with van der Waals surface area (Å²) in [6.07, 6.45) is 0. The molecule has 0 saturated carbocycles. The summed E-state index contributed by atoms with van der Waals surface area (Å²) < 4.78 is 26.8. The Morgan fingerprint density at radius 1 is 1.17 bits per heavy atom. The molecule has 0 aliphatic carbocycles. The van der Waals surface area contributed by atoms with Crippen molar-refractivity contribution < 1.29 is 13.2 Å². The fourth-order valence-corrected chi connectivity index (χ4v) is 4.79. The second-order valence-corrected chi connectivity index (χ2v) is 10.7. The van der Waals surface area contributed by atoms with Crippen molar-refractivity contribution in [2.75, 3.05) is 25.2 Å². The largest absolute Gasteiger partial charge is 0.325 e. The zero-order chi connectivity index (χ0) is 21.2. The molecule has 3 rings (SSSR count). The van der Waals surface area contributed by atoms with Gasteiger partial charge in [0.05, 0.1) is 21.2 Å². The molecule has 0 saturated heterocycles. The van der Waals surface area contributed by atoms with Crippen LogP contribution in [0.25, 0.3) is 10.9 Å². The van der Waals surface area contributed by atoms with Crippen molar-refractivity contribution in [1.82, 2.24) is 9.29 Å². The number of pyridine rings is 1. The number of rotatable bonds is 6. The van der Waals surface area contributed by atoms with Gasteiger partial charge in [-0.15, -0.1) is 0 Å². The molecule has 1 heterocycles. The second kappa shape index (κ2) is 8.83. The van der Waals surface area contributed by atoms with Crippen molar-refractivity contribution in [2.45, 2.75) is 16.8 Å². The molecule has 1 amide bonds. The average Bonchev–Trinajstić information content (AvgIpc) is 2.66. The molecule has 0 atom stereocenters. The molecular formula is C20H20BrN3O3S2. The number of thioether (sulfide) groups is 1. The van der Waals surface area contributed by atoms with Gasteiger partial charge < -0.3 is 5.32 Å². The first-order valence-corrected chi connectivity index (χ1v) is 11.9. The number of aromatic nitrogens is 1. The standard InChI is InChI=1S/C20H20BrN3O3S2/c1-13-9-20(28-12-19(25)22-15-6-4-5-14(21)10-15)23-18-8-7-16(11-17(13)18)29(26,27)24(2)3/h4-11H,12H2,1-3H3,(H,22,25). The van der Waals surface area contributed by atoms with Crippen LogP contribution in [0.4, 0.5) is 5.69 Å². The van der Waals surface area contributed by atoms with Gasteiger partial charge in [0, 0.05) is 29.6 Å². The van der Waals surface area contributed by atoms with Crippen LogP contribution < -0.4 is 5.32 Å². The number of carbonyl (C=O) groups excluding carboxylic acids is 1. The maximum atomic E-state index is 12.4. The number of hydrogen-bond donors (Lipinski definition) is 1. The fourth-order valence-electron chi connectivity index (χ4n) is 2.69. The van der Waals surface area contributed by atoms with Crippen molar-refractivity contribution in [2.24, 2.45) is 0 Å². The SMILES string of the molecule is Cc1cc(SCC(=O)Nc2cccc(Br)c2)nc2ccc(S(=O)(=O)N(C)C)cc12. The van der Waals surface area contributed by atoms with E-state index < -0.39 is 10.0 Å². The van der Waals surface area contributed by atoms with Crippen LogP contribution in [0.5, 0.6) is 0 Å². The first kappa shape index (κ1) is 21.8. The molecule has 0 unspecified atom stereocenters. The molecule has 0 aliphatic heterocycles. The second-order valence-electron chi connectivity index (χ2n) is 6.59. The van der Waals surface area contributed by atoms with Crippen molar-refractivity contribution >= 4 is 60.2 Å². The quantitative estimate of drug-likeness (QED) is 0.518. The minimum atomic E-state index is -3.51. The molecule has 0 spiro atoms. The summed E-state index contributed by atoms with van der Waals surface area (Å²) in [5.41, 5.74) is 2.32. The number of fused-ring (bicyclic) bond motifs is 1. The van der Waals surface area contributed by atoms with Gasteiger partial charge >= 0.3 is 0 Å². The molecule has 0 aliphatic rings. The zero-order valence-electron chi connectivity index (χ0n) is 16.1. The Bertz CT molecular complexity index is 1180. The fraction of sp³-hybridized carbons (Fsp3) is 0.200. The van der Waals surface area contributed by atoms with Crippen LogP contribution in [0.2, 0.25) is 0 Å². The summed E-state index contributed by atoms with van der Waals surface area (Å²) in [5, 5.41) is 4.34. The van der Waals surface area contributed by atoms with Gasteiger partial charge in [-0.1, -0.05) is 33.8 Å². The van der Waals surface area contributed by atoms with E-state index in [1.54, 1.807) is 18.2 Å². The van der Waals surface area contributed by atoms with Crippen LogP contribution >= 0.6 is 27.7 Å². The number of carbonyl (C=O) groups is 1. The van der Waals surface area contributed by atoms with E-state index in [1.165, 1.54) is 30.2 Å². The Balaban J connectivity index is 1.76. The van der Waals surface area contributed by atoms with Crippen LogP contribution in [0.3, 0.4) is 0 Å². The minimum Gasteiger partial charge on any atom is -0.325 e. The van der Waals surface area contributed by atoms with Gasteiger partial charge in [-0.25, -0.2) is 17.7 Å². The van der Waals surface area contributed by atoms with Crippen molar-refractivity contribution in [3.05, 3.63) is 58.6 Å². The Labute approximate surface area is 182 Å². The molecule has 0 radical (unpaired) electrons. The zero-order valence-corrected chi connectivity index (χ0v) is 19.4. The van der Waals surface area contributed by atoms with E-state index in [0.717, 1.165) is 21.1 Å². The predicted octanol–water partition coefficient (Wildman–Crippen LogP) is 4.29. The van der Waals surface area contributed by atoms with Gasteiger partial charge in [-0.05, 0) is 55.0 Å². The lowest BCUT2D eigenvalue weighted by atomic mass is 10.1. The molecule has 0 fully saturated rings. The molecule has 9 heteroatoms. The van der Waals surface area contributed by atoms with Crippen LogP contribution in [0, 0.1) is 6.92 Å². The summed E-state index contributed by atoms with van der Waals surface area (Å²) in [6.45, 7) is 1.90. The number of anilines is 1. The summed E-state index contributed by atoms with van der Waals surface area (Å²) in [5.74, 6) is 0.0949. The Kier molecular flexibility index (Phi) is 6.62. The van der Waals surface area contributed by atoms with Crippen molar-refractivity contribution in [1.29, 1.82) is 0 Å². The van der Waals surface area contributed by atoms with E-state index in [2.05, 4.69) is 26.2 Å². The predicted molar refractivity (Wildman–Crippen MR) is 121 cm³/mol. The van der Waals surface area contributed by atoms with Gasteiger partial charge in [0.25, 0.3) is 0 Å². The van der Waals surface area contributed by atoms with Crippen LogP contribution in [0.15, 0.2) is 62.9 Å². The van der Waals surface area contributed by atoms with Gasteiger partial charge in [0.1, 0.15) is 0 Å². The highest BCUT2D eigenvalue weighted by atomic mass is 79.9. The highest BCUT2D eigenvalue weighted by molar-refractivity contribution is 9.10. The molecule has 29 heavy (non-hydrogen) atoms. The number of hydrogen-bond acceptors (Lipinski definition) is 5. The summed E-state index contributed by atoms with van der Waals surface area (Å²) in [6, 6.07) is 14.2. The number of halogens is 1. The Morgan fingerprint density at radius 2 is 1.93 bits per heavy atom. The van der Waals surface area contributed by atoms with E-state index in [1.807, 2.05) is 37.3 Å². The number of benzene rings is 2. The van der Waals surface area contributed by atoms with E-state index in [4.69, 9.17) is 0 Å².